The van der Waals surface area contributed by atoms with Crippen LogP contribution in [0, 0.1) is 0 Å². The number of quaternary nitrogens is 3. The fourth-order valence-corrected chi connectivity index (χ4v) is 3.32. The van der Waals surface area contributed by atoms with Gasteiger partial charge in [-0.3, -0.25) is 0 Å². The van der Waals surface area contributed by atoms with E-state index in [1.807, 2.05) is 0 Å². The van der Waals surface area contributed by atoms with Crippen LogP contribution in [0.5, 0.6) is 0 Å². The fourth-order valence-electron chi connectivity index (χ4n) is 3.32. The van der Waals surface area contributed by atoms with Crippen LogP contribution in [0.3, 0.4) is 0 Å². The van der Waals surface area contributed by atoms with E-state index >= 15 is 0 Å². The molecule has 132 valence electrons. The van der Waals surface area contributed by atoms with Gasteiger partial charge in [-0.2, -0.15) is 0 Å². The average Bonchev–Trinajstić information content (AvgIpc) is 2.54. The van der Waals surface area contributed by atoms with Gasteiger partial charge in [-0.15, -0.1) is 0 Å². The monoisotopic (exact) mass is 330 g/mol. The van der Waals surface area contributed by atoms with E-state index < -0.39 is 0 Å². The van der Waals surface area contributed by atoms with E-state index in [1.54, 1.807) is 14.7 Å². The first kappa shape index (κ1) is 18.9. The molecule has 0 saturated carbocycles. The number of nitrogens with one attached hydrogen (secondary N) is 3. The van der Waals surface area contributed by atoms with Crippen LogP contribution >= 0.6 is 0 Å². The van der Waals surface area contributed by atoms with Crippen molar-refractivity contribution in [3.05, 3.63) is 48.0 Å². The molecule has 2 rings (SSSR count). The van der Waals surface area contributed by atoms with Crippen LogP contribution in [0.1, 0.15) is 18.4 Å². The Morgan fingerprint density at radius 2 is 1.25 bits per heavy atom. The van der Waals surface area contributed by atoms with E-state index in [0.29, 0.717) is 0 Å². The van der Waals surface area contributed by atoms with Crippen LogP contribution in [-0.4, -0.2) is 54.4 Å². The van der Waals surface area contributed by atoms with E-state index in [-0.39, 0.29) is 0 Å². The molecule has 24 heavy (non-hydrogen) atoms. The number of benzene rings is 2. The zero-order valence-electron chi connectivity index (χ0n) is 16.0. The molecule has 0 spiro atoms. The van der Waals surface area contributed by atoms with E-state index in [0.717, 1.165) is 6.54 Å². The Morgan fingerprint density at radius 3 is 1.83 bits per heavy atom. The molecule has 0 amide bonds. The number of rotatable bonds is 10. The minimum atomic E-state index is 1.15. The highest BCUT2D eigenvalue weighted by molar-refractivity contribution is 5.82. The van der Waals surface area contributed by atoms with Crippen LogP contribution < -0.4 is 14.7 Å². The van der Waals surface area contributed by atoms with Gasteiger partial charge in [-0.05, 0) is 16.8 Å². The second-order valence-corrected chi connectivity index (χ2v) is 7.73. The summed E-state index contributed by atoms with van der Waals surface area (Å²) < 4.78 is 0. The van der Waals surface area contributed by atoms with E-state index in [2.05, 4.69) is 70.7 Å². The number of hydrogen-bond acceptors (Lipinski definition) is 0. The predicted molar refractivity (Wildman–Crippen MR) is 103 cm³/mol. The molecular formula is C21H36N3+3. The summed E-state index contributed by atoms with van der Waals surface area (Å²) in [4.78, 5) is 4.84. The Bertz CT molecular complexity index is 593. The Hall–Kier alpha value is -1.42. The Kier molecular flexibility index (Phi) is 7.70. The molecule has 0 atom stereocenters. The summed E-state index contributed by atoms with van der Waals surface area (Å²) in [6.45, 7) is 6.23. The van der Waals surface area contributed by atoms with Gasteiger partial charge in [0, 0.05) is 18.4 Å². The van der Waals surface area contributed by atoms with Gasteiger partial charge in [0.1, 0.15) is 6.54 Å². The molecule has 3 N–H and O–H groups in total. The summed E-state index contributed by atoms with van der Waals surface area (Å²) in [5.74, 6) is 0. The van der Waals surface area contributed by atoms with Gasteiger partial charge < -0.3 is 14.7 Å². The van der Waals surface area contributed by atoms with E-state index in [9.17, 15) is 0 Å². The normalized spacial score (nSPS) is 12.0. The van der Waals surface area contributed by atoms with Crippen LogP contribution in [0.15, 0.2) is 42.5 Å². The third-order valence-electron chi connectivity index (χ3n) is 4.68. The Labute approximate surface area is 147 Å². The zero-order valence-corrected chi connectivity index (χ0v) is 16.0. The van der Waals surface area contributed by atoms with Crippen LogP contribution in [0.2, 0.25) is 0 Å². The SMILES string of the molecule is C[NH+](C)CCC[NH+](CCC[NH+](C)C)Cc1ccc2ccccc2c1. The quantitative estimate of drug-likeness (QED) is 0.510. The number of fused-ring (bicyclic) bond motifs is 1. The molecule has 0 aromatic heterocycles. The Balaban J connectivity index is 1.98. The predicted octanol–water partition coefficient (Wildman–Crippen LogP) is -0.706. The van der Waals surface area contributed by atoms with Gasteiger partial charge in [0.05, 0.1) is 54.4 Å². The molecule has 2 aromatic carbocycles. The maximum Gasteiger partial charge on any atom is 0.103 e. The second kappa shape index (κ2) is 9.77. The van der Waals surface area contributed by atoms with Crippen molar-refractivity contribution in [1.29, 1.82) is 0 Å². The molecule has 0 saturated heterocycles. The van der Waals surface area contributed by atoms with Gasteiger partial charge in [0.15, 0.2) is 0 Å². The lowest BCUT2D eigenvalue weighted by molar-refractivity contribution is -0.925. The first-order valence-corrected chi connectivity index (χ1v) is 9.44. The third kappa shape index (κ3) is 6.60. The van der Waals surface area contributed by atoms with E-state index in [4.69, 9.17) is 0 Å². The molecule has 0 radical (unpaired) electrons. The van der Waals surface area contributed by atoms with Crippen molar-refractivity contribution in [3.63, 3.8) is 0 Å². The summed E-state index contributed by atoms with van der Waals surface area (Å²) >= 11 is 0. The minimum absolute atomic E-state index is 1.15. The largest absolute Gasteiger partial charge is 0.340 e. The molecule has 0 aliphatic carbocycles. The van der Waals surface area contributed by atoms with Crippen molar-refractivity contribution in [2.45, 2.75) is 19.4 Å². The molecular weight excluding hydrogens is 294 g/mol. The molecule has 0 bridgehead atoms. The summed E-state index contributed by atoms with van der Waals surface area (Å²) in [5.41, 5.74) is 1.47. The molecule has 0 heterocycles. The van der Waals surface area contributed by atoms with Crippen molar-refractivity contribution in [2.75, 3.05) is 54.4 Å². The van der Waals surface area contributed by atoms with Crippen molar-refractivity contribution in [2.24, 2.45) is 0 Å². The molecule has 0 fully saturated rings. The average molecular weight is 331 g/mol. The fraction of sp³-hybridized carbons (Fsp3) is 0.524. The lowest BCUT2D eigenvalue weighted by Crippen LogP contribution is -3.13. The first-order chi connectivity index (χ1) is 11.5. The summed E-state index contributed by atoms with van der Waals surface area (Å²) in [6, 6.07) is 15.6. The summed E-state index contributed by atoms with van der Waals surface area (Å²) in [5, 5.41) is 2.71. The van der Waals surface area contributed by atoms with Crippen LogP contribution in [0.4, 0.5) is 0 Å². The summed E-state index contributed by atoms with van der Waals surface area (Å²) in [7, 11) is 8.99. The highest BCUT2D eigenvalue weighted by Gasteiger charge is 2.12. The molecule has 2 aromatic rings. The topological polar surface area (TPSA) is 13.3 Å². The standard InChI is InChI=1S/C21H33N3/c1-22(2)13-7-15-24(16-8-14-23(3)4)18-19-11-12-20-9-5-6-10-21(20)17-19/h5-6,9-12,17H,7-8,13-16,18H2,1-4H3/p+3. The maximum atomic E-state index is 2.38. The van der Waals surface area contributed by atoms with Crippen LogP contribution in [-0.2, 0) is 6.54 Å². The molecule has 0 aliphatic rings. The van der Waals surface area contributed by atoms with Gasteiger partial charge >= 0.3 is 0 Å². The maximum absolute atomic E-state index is 2.38. The lowest BCUT2D eigenvalue weighted by Gasteiger charge is -2.20. The van der Waals surface area contributed by atoms with Gasteiger partial charge in [-0.1, -0.05) is 36.4 Å². The highest BCUT2D eigenvalue weighted by atomic mass is 15.1. The van der Waals surface area contributed by atoms with Crippen molar-refractivity contribution in [1.82, 2.24) is 0 Å². The molecule has 0 aliphatic heterocycles. The number of hydrogen-bond donors (Lipinski definition) is 3. The van der Waals surface area contributed by atoms with Crippen molar-refractivity contribution >= 4 is 10.8 Å². The lowest BCUT2D eigenvalue weighted by atomic mass is 10.1. The smallest absolute Gasteiger partial charge is 0.103 e. The highest BCUT2D eigenvalue weighted by Crippen LogP contribution is 2.14. The van der Waals surface area contributed by atoms with Crippen LogP contribution in [0.25, 0.3) is 10.8 Å². The van der Waals surface area contributed by atoms with Gasteiger partial charge in [0.25, 0.3) is 0 Å². The molecule has 0 unspecified atom stereocenters. The Morgan fingerprint density at radius 1 is 0.667 bits per heavy atom. The van der Waals surface area contributed by atoms with Crippen molar-refractivity contribution < 1.29 is 14.7 Å². The zero-order chi connectivity index (χ0) is 17.4. The van der Waals surface area contributed by atoms with Gasteiger partial charge in [-0.25, -0.2) is 0 Å². The van der Waals surface area contributed by atoms with Gasteiger partial charge in [0.2, 0.25) is 0 Å². The third-order valence-corrected chi connectivity index (χ3v) is 4.68. The first-order valence-electron chi connectivity index (χ1n) is 9.44. The van der Waals surface area contributed by atoms with E-state index in [1.165, 1.54) is 55.4 Å². The molecule has 3 heteroatoms. The molecule has 3 nitrogen and oxygen atoms in total. The minimum Gasteiger partial charge on any atom is -0.340 e. The summed E-state index contributed by atoms with van der Waals surface area (Å²) in [6.07, 6.45) is 2.61. The van der Waals surface area contributed by atoms with Crippen molar-refractivity contribution in [3.8, 4) is 0 Å². The second-order valence-electron chi connectivity index (χ2n) is 7.73.